The molecule has 2 atom stereocenters. The second-order valence-electron chi connectivity index (χ2n) is 6.78. The van der Waals surface area contributed by atoms with E-state index in [1.807, 2.05) is 0 Å². The van der Waals surface area contributed by atoms with E-state index in [4.69, 9.17) is 14.2 Å². The number of aliphatic hydroxyl groups excluding tert-OH is 1. The van der Waals surface area contributed by atoms with Gasteiger partial charge in [-0.25, -0.2) is 14.2 Å². The predicted octanol–water partition coefficient (Wildman–Crippen LogP) is 2.21. The van der Waals surface area contributed by atoms with Gasteiger partial charge in [0.05, 0.1) is 11.1 Å². The Morgan fingerprint density at radius 2 is 1.52 bits per heavy atom. The van der Waals surface area contributed by atoms with Crippen LogP contribution in [0, 0.1) is 10.1 Å². The Morgan fingerprint density at radius 3 is 2.06 bits per heavy atom. The van der Waals surface area contributed by atoms with Crippen LogP contribution in [0.15, 0.2) is 73.1 Å². The maximum Gasteiger partial charge on any atom is 0.436 e. The fourth-order valence-electron chi connectivity index (χ4n) is 2.76. The molecule has 0 aliphatic carbocycles. The summed E-state index contributed by atoms with van der Waals surface area (Å²) in [6.07, 6.45) is 0.0174. The van der Waals surface area contributed by atoms with Gasteiger partial charge in [-0.1, -0.05) is 41.4 Å². The SMILES string of the molecule is O=C(OCC(O)C(COC(=O)c1ccccc1)OCn1ccnc1[N+](=O)[O-])c1ccccc1. The first-order valence-corrected chi connectivity index (χ1v) is 9.85. The van der Waals surface area contributed by atoms with Gasteiger partial charge in [0.2, 0.25) is 0 Å². The Balaban J connectivity index is 1.64. The second-order valence-corrected chi connectivity index (χ2v) is 6.78. The van der Waals surface area contributed by atoms with Crippen LogP contribution in [0.2, 0.25) is 0 Å². The van der Waals surface area contributed by atoms with Crippen LogP contribution in [0.25, 0.3) is 0 Å². The van der Waals surface area contributed by atoms with E-state index in [1.54, 1.807) is 60.7 Å². The van der Waals surface area contributed by atoms with E-state index in [0.29, 0.717) is 11.1 Å². The molecule has 2 aromatic carbocycles. The van der Waals surface area contributed by atoms with Crippen molar-refractivity contribution in [1.82, 2.24) is 9.55 Å². The maximum absolute atomic E-state index is 12.2. The Morgan fingerprint density at radius 1 is 0.970 bits per heavy atom. The predicted molar refractivity (Wildman–Crippen MR) is 113 cm³/mol. The zero-order valence-corrected chi connectivity index (χ0v) is 17.4. The standard InChI is InChI=1S/C22H21N3O8/c26-18(13-31-20(27)16-7-3-1-4-8-16)19(14-32-21(28)17-9-5-2-6-10-17)33-15-24-12-11-23-22(24)25(29)30/h1-12,18-19,26H,13-15H2. The van der Waals surface area contributed by atoms with Gasteiger partial charge in [-0.05, 0) is 29.2 Å². The summed E-state index contributed by atoms with van der Waals surface area (Å²) in [6.45, 7) is -1.19. The lowest BCUT2D eigenvalue weighted by molar-refractivity contribution is -0.397. The summed E-state index contributed by atoms with van der Waals surface area (Å²) >= 11 is 0. The van der Waals surface area contributed by atoms with Gasteiger partial charge in [0.25, 0.3) is 0 Å². The van der Waals surface area contributed by atoms with Crippen molar-refractivity contribution in [3.8, 4) is 0 Å². The summed E-state index contributed by atoms with van der Waals surface area (Å²) in [5, 5.41) is 21.6. The second kappa shape index (κ2) is 11.5. The largest absolute Gasteiger partial charge is 0.459 e. The summed E-state index contributed by atoms with van der Waals surface area (Å²) in [4.78, 5) is 38.3. The van der Waals surface area contributed by atoms with Gasteiger partial charge in [0.1, 0.15) is 37.8 Å². The van der Waals surface area contributed by atoms with Crippen LogP contribution in [0.5, 0.6) is 0 Å². The lowest BCUT2D eigenvalue weighted by Crippen LogP contribution is -2.38. The monoisotopic (exact) mass is 455 g/mol. The molecule has 0 aliphatic heterocycles. The number of hydrogen-bond donors (Lipinski definition) is 1. The van der Waals surface area contributed by atoms with E-state index in [2.05, 4.69) is 4.98 Å². The highest BCUT2D eigenvalue weighted by atomic mass is 16.6. The smallest absolute Gasteiger partial charge is 0.436 e. The molecule has 0 spiro atoms. The van der Waals surface area contributed by atoms with Crippen LogP contribution >= 0.6 is 0 Å². The molecule has 11 heteroatoms. The minimum Gasteiger partial charge on any atom is -0.459 e. The molecular weight excluding hydrogens is 434 g/mol. The molecule has 0 bridgehead atoms. The molecule has 0 fully saturated rings. The Kier molecular flexibility index (Phi) is 8.22. The Hall–Kier alpha value is -4.09. The van der Waals surface area contributed by atoms with Crippen molar-refractivity contribution in [3.63, 3.8) is 0 Å². The lowest BCUT2D eigenvalue weighted by Gasteiger charge is -2.22. The number of benzene rings is 2. The zero-order valence-electron chi connectivity index (χ0n) is 17.4. The number of nitrogens with zero attached hydrogens (tertiary/aromatic N) is 3. The van der Waals surface area contributed by atoms with Crippen molar-refractivity contribution in [1.29, 1.82) is 0 Å². The van der Waals surface area contributed by atoms with Crippen LogP contribution in [0.4, 0.5) is 5.95 Å². The quantitative estimate of drug-likeness (QED) is 0.261. The minimum absolute atomic E-state index is 0.298. The molecule has 0 saturated heterocycles. The van der Waals surface area contributed by atoms with Crippen molar-refractivity contribution < 1.29 is 33.8 Å². The van der Waals surface area contributed by atoms with E-state index >= 15 is 0 Å². The van der Waals surface area contributed by atoms with Crippen LogP contribution in [0.1, 0.15) is 20.7 Å². The van der Waals surface area contributed by atoms with Gasteiger partial charge in [0.15, 0.2) is 6.73 Å². The average molecular weight is 455 g/mol. The molecule has 172 valence electrons. The van der Waals surface area contributed by atoms with E-state index in [9.17, 15) is 24.8 Å². The van der Waals surface area contributed by atoms with Crippen molar-refractivity contribution in [2.45, 2.75) is 18.9 Å². The van der Waals surface area contributed by atoms with Crippen LogP contribution in [-0.4, -0.2) is 56.9 Å². The van der Waals surface area contributed by atoms with Crippen molar-refractivity contribution >= 4 is 17.9 Å². The van der Waals surface area contributed by atoms with Crippen molar-refractivity contribution in [2.24, 2.45) is 0 Å². The van der Waals surface area contributed by atoms with Crippen LogP contribution < -0.4 is 0 Å². The number of rotatable bonds is 11. The number of carbonyl (C=O) groups is 2. The summed E-state index contributed by atoms with van der Waals surface area (Å²) in [7, 11) is 0. The molecule has 1 heterocycles. The third kappa shape index (κ3) is 6.69. The molecule has 1 N–H and O–H groups in total. The summed E-state index contributed by atoms with van der Waals surface area (Å²) < 4.78 is 17.0. The van der Waals surface area contributed by atoms with E-state index < -0.39 is 41.6 Å². The molecular formula is C22H21N3O8. The van der Waals surface area contributed by atoms with E-state index in [1.165, 1.54) is 12.4 Å². The number of carbonyl (C=O) groups excluding carboxylic acids is 2. The van der Waals surface area contributed by atoms with Gasteiger partial charge < -0.3 is 29.4 Å². The number of aliphatic hydroxyl groups is 1. The molecule has 0 amide bonds. The first kappa shape index (κ1) is 23.6. The van der Waals surface area contributed by atoms with Gasteiger partial charge in [-0.15, -0.1) is 0 Å². The number of esters is 2. The van der Waals surface area contributed by atoms with Gasteiger partial charge in [-0.3, -0.25) is 0 Å². The van der Waals surface area contributed by atoms with Crippen molar-refractivity contribution in [2.75, 3.05) is 13.2 Å². The zero-order chi connectivity index (χ0) is 23.6. The van der Waals surface area contributed by atoms with Gasteiger partial charge in [0, 0.05) is 0 Å². The molecule has 11 nitrogen and oxygen atoms in total. The first-order chi connectivity index (χ1) is 16.0. The summed E-state index contributed by atoms with van der Waals surface area (Å²) in [5.41, 5.74) is 0.596. The third-order valence-electron chi connectivity index (χ3n) is 4.50. The number of nitro groups is 1. The highest BCUT2D eigenvalue weighted by Crippen LogP contribution is 2.12. The Labute approximate surface area is 188 Å². The number of ether oxygens (including phenoxy) is 3. The van der Waals surface area contributed by atoms with Crippen LogP contribution in [-0.2, 0) is 20.9 Å². The first-order valence-electron chi connectivity index (χ1n) is 9.85. The molecule has 0 radical (unpaired) electrons. The topological polar surface area (TPSA) is 143 Å². The summed E-state index contributed by atoms with van der Waals surface area (Å²) in [5.74, 6) is -1.76. The fourth-order valence-corrected chi connectivity index (χ4v) is 2.76. The Bertz CT molecular complexity index is 1070. The maximum atomic E-state index is 12.2. The van der Waals surface area contributed by atoms with Gasteiger partial charge >= 0.3 is 17.9 Å². The van der Waals surface area contributed by atoms with Crippen LogP contribution in [0.3, 0.4) is 0 Å². The average Bonchev–Trinajstić information content (AvgIpc) is 3.32. The molecule has 2 unspecified atom stereocenters. The molecule has 3 aromatic rings. The van der Waals surface area contributed by atoms with Gasteiger partial charge in [-0.2, -0.15) is 0 Å². The number of imidazole rings is 1. The lowest BCUT2D eigenvalue weighted by atomic mass is 10.2. The molecule has 33 heavy (non-hydrogen) atoms. The normalized spacial score (nSPS) is 12.5. The highest BCUT2D eigenvalue weighted by molar-refractivity contribution is 5.89. The molecule has 0 saturated carbocycles. The van der Waals surface area contributed by atoms with Crippen molar-refractivity contribution in [3.05, 3.63) is 94.3 Å². The number of aromatic nitrogens is 2. The fraction of sp³-hybridized carbons (Fsp3) is 0.227. The molecule has 1 aromatic heterocycles. The van der Waals surface area contributed by atoms with E-state index in [-0.39, 0.29) is 13.3 Å². The molecule has 0 aliphatic rings. The number of hydrogen-bond acceptors (Lipinski definition) is 9. The summed E-state index contributed by atoms with van der Waals surface area (Å²) in [6, 6.07) is 16.4. The minimum atomic E-state index is -1.39. The molecule has 3 rings (SSSR count). The highest BCUT2D eigenvalue weighted by Gasteiger charge is 2.26. The van der Waals surface area contributed by atoms with E-state index in [0.717, 1.165) is 4.57 Å². The third-order valence-corrected chi connectivity index (χ3v) is 4.50.